The number of rotatable bonds is 1. The molecule has 3 heteroatoms. The molecule has 0 spiro atoms. The lowest BCUT2D eigenvalue weighted by Crippen LogP contribution is -2.30. The van der Waals surface area contributed by atoms with Gasteiger partial charge in [-0.1, -0.05) is 42.0 Å². The zero-order valence-electron chi connectivity index (χ0n) is 12.0. The van der Waals surface area contributed by atoms with E-state index in [0.717, 1.165) is 13.0 Å². The van der Waals surface area contributed by atoms with Crippen molar-refractivity contribution in [1.29, 1.82) is 0 Å². The van der Waals surface area contributed by atoms with E-state index in [1.807, 2.05) is 0 Å². The Bertz CT molecular complexity index is 761. The van der Waals surface area contributed by atoms with Gasteiger partial charge in [-0.15, -0.1) is 12.4 Å². The largest absolute Gasteiger partial charge is 0.357 e. The molecule has 1 aromatic heterocycles. The standard InChI is InChI=1S/C18H18N2.ClH/c1-12-7-8-16-15(11-12)14-9-10-19-17(18(14)20-16)13-5-3-2-4-6-13;/h2-8,11,17,19-20H,9-10H2,1H3;1H. The predicted octanol–water partition coefficient (Wildman–Crippen LogP) is 4.13. The Morgan fingerprint density at radius 1 is 1.05 bits per heavy atom. The second-order valence-electron chi connectivity index (χ2n) is 5.61. The maximum absolute atomic E-state index is 3.64. The molecule has 0 fully saturated rings. The third-order valence-corrected chi connectivity index (χ3v) is 4.24. The van der Waals surface area contributed by atoms with Crippen LogP contribution in [0, 0.1) is 6.92 Å². The van der Waals surface area contributed by atoms with Gasteiger partial charge in [0.1, 0.15) is 0 Å². The van der Waals surface area contributed by atoms with Crippen LogP contribution in [0.4, 0.5) is 0 Å². The van der Waals surface area contributed by atoms with E-state index in [-0.39, 0.29) is 18.4 Å². The highest BCUT2D eigenvalue weighted by atomic mass is 35.5. The van der Waals surface area contributed by atoms with Crippen molar-refractivity contribution in [2.45, 2.75) is 19.4 Å². The van der Waals surface area contributed by atoms with Crippen LogP contribution in [0.5, 0.6) is 0 Å². The van der Waals surface area contributed by atoms with Gasteiger partial charge in [0.15, 0.2) is 0 Å². The van der Waals surface area contributed by atoms with E-state index in [9.17, 15) is 0 Å². The minimum Gasteiger partial charge on any atom is -0.357 e. The summed E-state index contributed by atoms with van der Waals surface area (Å²) < 4.78 is 0. The lowest BCUT2D eigenvalue weighted by Gasteiger charge is -2.24. The number of aryl methyl sites for hydroxylation is 1. The van der Waals surface area contributed by atoms with Crippen LogP contribution in [0.25, 0.3) is 10.9 Å². The van der Waals surface area contributed by atoms with Crippen molar-refractivity contribution in [3.05, 3.63) is 70.9 Å². The summed E-state index contributed by atoms with van der Waals surface area (Å²) in [6.07, 6.45) is 1.10. The Labute approximate surface area is 131 Å². The number of aromatic amines is 1. The number of hydrogen-bond donors (Lipinski definition) is 2. The lowest BCUT2D eigenvalue weighted by atomic mass is 9.94. The summed E-state index contributed by atoms with van der Waals surface area (Å²) in [5.74, 6) is 0. The number of H-pyrrole nitrogens is 1. The van der Waals surface area contributed by atoms with E-state index in [1.165, 1.54) is 33.3 Å². The summed E-state index contributed by atoms with van der Waals surface area (Å²) in [5.41, 5.74) is 6.73. The zero-order chi connectivity index (χ0) is 13.5. The van der Waals surface area contributed by atoms with Crippen molar-refractivity contribution in [3.8, 4) is 0 Å². The first kappa shape index (κ1) is 14.2. The normalized spacial score (nSPS) is 17.3. The van der Waals surface area contributed by atoms with Gasteiger partial charge in [-0.2, -0.15) is 0 Å². The molecule has 21 heavy (non-hydrogen) atoms. The van der Waals surface area contributed by atoms with Crippen molar-refractivity contribution in [2.75, 3.05) is 6.54 Å². The molecule has 0 saturated carbocycles. The SMILES string of the molecule is Cc1ccc2[nH]c3c(c2c1)CCNC3c1ccccc1.Cl. The highest BCUT2D eigenvalue weighted by molar-refractivity contribution is 5.86. The molecule has 2 nitrogen and oxygen atoms in total. The summed E-state index contributed by atoms with van der Waals surface area (Å²) in [7, 11) is 0. The molecular weight excluding hydrogens is 280 g/mol. The molecule has 3 aromatic rings. The van der Waals surface area contributed by atoms with E-state index < -0.39 is 0 Å². The molecule has 0 aliphatic carbocycles. The number of benzene rings is 2. The number of hydrogen-bond acceptors (Lipinski definition) is 1. The van der Waals surface area contributed by atoms with Gasteiger partial charge in [0.2, 0.25) is 0 Å². The van der Waals surface area contributed by atoms with Crippen molar-refractivity contribution in [3.63, 3.8) is 0 Å². The van der Waals surface area contributed by atoms with Crippen LogP contribution >= 0.6 is 12.4 Å². The van der Waals surface area contributed by atoms with E-state index in [0.29, 0.717) is 0 Å². The molecule has 0 radical (unpaired) electrons. The average molecular weight is 299 g/mol. The Balaban J connectivity index is 0.00000132. The van der Waals surface area contributed by atoms with Gasteiger partial charge in [-0.05, 0) is 36.6 Å². The van der Waals surface area contributed by atoms with Crippen molar-refractivity contribution in [1.82, 2.24) is 10.3 Å². The summed E-state index contributed by atoms with van der Waals surface area (Å²) in [6.45, 7) is 3.20. The quantitative estimate of drug-likeness (QED) is 0.694. The second-order valence-corrected chi connectivity index (χ2v) is 5.61. The molecule has 1 aliphatic heterocycles. The molecule has 0 amide bonds. The Morgan fingerprint density at radius 2 is 1.86 bits per heavy atom. The summed E-state index contributed by atoms with van der Waals surface area (Å²) in [4.78, 5) is 3.63. The minimum atomic E-state index is 0. The molecule has 108 valence electrons. The van der Waals surface area contributed by atoms with Crippen LogP contribution < -0.4 is 5.32 Å². The third kappa shape index (κ3) is 2.35. The first-order valence-electron chi connectivity index (χ1n) is 7.22. The van der Waals surface area contributed by atoms with Gasteiger partial charge in [0.25, 0.3) is 0 Å². The molecule has 0 saturated heterocycles. The van der Waals surface area contributed by atoms with Gasteiger partial charge in [-0.3, -0.25) is 0 Å². The van der Waals surface area contributed by atoms with Gasteiger partial charge >= 0.3 is 0 Å². The molecule has 1 unspecified atom stereocenters. The topological polar surface area (TPSA) is 27.8 Å². The van der Waals surface area contributed by atoms with Crippen LogP contribution in [0.1, 0.15) is 28.4 Å². The summed E-state index contributed by atoms with van der Waals surface area (Å²) in [6, 6.07) is 17.6. The summed E-state index contributed by atoms with van der Waals surface area (Å²) in [5, 5.41) is 5.03. The fourth-order valence-electron chi connectivity index (χ4n) is 3.27. The number of nitrogens with one attached hydrogen (secondary N) is 2. The van der Waals surface area contributed by atoms with Gasteiger partial charge in [0.05, 0.1) is 6.04 Å². The van der Waals surface area contributed by atoms with Gasteiger partial charge in [-0.25, -0.2) is 0 Å². The minimum absolute atomic E-state index is 0. The van der Waals surface area contributed by atoms with E-state index >= 15 is 0 Å². The van der Waals surface area contributed by atoms with Crippen molar-refractivity contribution >= 4 is 23.3 Å². The molecule has 0 bridgehead atoms. The molecule has 2 heterocycles. The fraction of sp³-hybridized carbons (Fsp3) is 0.222. The summed E-state index contributed by atoms with van der Waals surface area (Å²) >= 11 is 0. The van der Waals surface area contributed by atoms with Crippen LogP contribution in [0.3, 0.4) is 0 Å². The number of fused-ring (bicyclic) bond motifs is 3. The van der Waals surface area contributed by atoms with Crippen molar-refractivity contribution in [2.24, 2.45) is 0 Å². The van der Waals surface area contributed by atoms with E-state index in [2.05, 4.69) is 65.8 Å². The first-order chi connectivity index (χ1) is 9.83. The average Bonchev–Trinajstić information content (AvgIpc) is 2.86. The zero-order valence-corrected chi connectivity index (χ0v) is 12.8. The van der Waals surface area contributed by atoms with Crippen LogP contribution in [-0.2, 0) is 6.42 Å². The van der Waals surface area contributed by atoms with Gasteiger partial charge in [0, 0.05) is 23.1 Å². The molecule has 4 rings (SSSR count). The lowest BCUT2D eigenvalue weighted by molar-refractivity contribution is 0.560. The maximum Gasteiger partial charge on any atom is 0.0732 e. The molecule has 2 N–H and O–H groups in total. The van der Waals surface area contributed by atoms with E-state index in [1.54, 1.807) is 0 Å². The second kappa shape index (κ2) is 5.55. The van der Waals surface area contributed by atoms with E-state index in [4.69, 9.17) is 0 Å². The Morgan fingerprint density at radius 3 is 2.67 bits per heavy atom. The predicted molar refractivity (Wildman–Crippen MR) is 90.3 cm³/mol. The van der Waals surface area contributed by atoms with Gasteiger partial charge < -0.3 is 10.3 Å². The van der Waals surface area contributed by atoms with Crippen LogP contribution in [0.15, 0.2) is 48.5 Å². The monoisotopic (exact) mass is 298 g/mol. The number of aromatic nitrogens is 1. The first-order valence-corrected chi connectivity index (χ1v) is 7.22. The Kier molecular flexibility index (Phi) is 3.75. The van der Waals surface area contributed by atoms with Crippen molar-refractivity contribution < 1.29 is 0 Å². The smallest absolute Gasteiger partial charge is 0.0732 e. The maximum atomic E-state index is 3.64. The number of halogens is 1. The highest BCUT2D eigenvalue weighted by Gasteiger charge is 2.24. The fourth-order valence-corrected chi connectivity index (χ4v) is 3.27. The highest BCUT2D eigenvalue weighted by Crippen LogP contribution is 2.33. The van der Waals surface area contributed by atoms with Crippen LogP contribution in [0.2, 0.25) is 0 Å². The molecule has 2 aromatic carbocycles. The molecule has 1 aliphatic rings. The molecule has 1 atom stereocenters. The van der Waals surface area contributed by atoms with Crippen LogP contribution in [-0.4, -0.2) is 11.5 Å². The third-order valence-electron chi connectivity index (χ3n) is 4.24. The molecular formula is C18H19ClN2. The Hall–Kier alpha value is -1.77.